The highest BCUT2D eigenvalue weighted by Gasteiger charge is 2.00. The number of thiophene rings is 2. The highest BCUT2D eigenvalue weighted by atomic mass is 32.1. The molecule has 2 heterocycles. The average Bonchev–Trinajstić information content (AvgIpc) is 2.95. The van der Waals surface area contributed by atoms with Gasteiger partial charge in [0, 0.05) is 4.88 Å². The van der Waals surface area contributed by atoms with Crippen molar-refractivity contribution in [2.24, 2.45) is 5.10 Å². The first-order valence-corrected chi connectivity index (χ1v) is 6.60. The van der Waals surface area contributed by atoms with Crippen molar-refractivity contribution in [3.8, 4) is 0 Å². The molecule has 0 aliphatic rings. The molecule has 82 valence electrons. The summed E-state index contributed by atoms with van der Waals surface area (Å²) in [5.74, 6) is 0. The zero-order chi connectivity index (χ0) is 11.4. The minimum absolute atomic E-state index is 0.839. The van der Waals surface area contributed by atoms with E-state index in [1.807, 2.05) is 35.9 Å². The van der Waals surface area contributed by atoms with E-state index in [1.165, 1.54) is 4.88 Å². The number of nitrogens with one attached hydrogen (secondary N) is 1. The molecule has 0 atom stereocenters. The molecule has 0 saturated heterocycles. The Bertz CT molecular complexity index is 481. The second kappa shape index (κ2) is 5.09. The Morgan fingerprint density at radius 3 is 2.38 bits per heavy atom. The maximum atomic E-state index is 4.31. The van der Waals surface area contributed by atoms with E-state index >= 15 is 0 Å². The van der Waals surface area contributed by atoms with Crippen molar-refractivity contribution in [1.29, 1.82) is 0 Å². The summed E-state index contributed by atoms with van der Waals surface area (Å²) < 4.78 is 0. The monoisotopic (exact) mass is 248 g/mol. The fourth-order valence-corrected chi connectivity index (χ4v) is 2.52. The van der Waals surface area contributed by atoms with Crippen molar-refractivity contribution < 1.29 is 0 Å². The van der Waals surface area contributed by atoms with E-state index in [0.717, 1.165) is 16.3 Å². The van der Waals surface area contributed by atoms with E-state index in [1.54, 1.807) is 22.7 Å². The molecule has 0 radical (unpaired) electrons. The summed E-state index contributed by atoms with van der Waals surface area (Å²) in [5.41, 5.74) is 4.80. The van der Waals surface area contributed by atoms with E-state index < -0.39 is 0 Å². The summed E-state index contributed by atoms with van der Waals surface area (Å²) >= 11 is 3.33. The lowest BCUT2D eigenvalue weighted by molar-refractivity contribution is 0.997. The van der Waals surface area contributed by atoms with Gasteiger partial charge in [0.15, 0.2) is 0 Å². The van der Waals surface area contributed by atoms with Gasteiger partial charge in [-0.25, -0.2) is 0 Å². The molecule has 2 rings (SSSR count). The van der Waals surface area contributed by atoms with Crippen LogP contribution in [0.2, 0.25) is 0 Å². The van der Waals surface area contributed by atoms with Gasteiger partial charge in [-0.1, -0.05) is 18.7 Å². The summed E-state index contributed by atoms with van der Waals surface area (Å²) in [5, 5.41) is 8.38. The predicted octanol–water partition coefficient (Wildman–Crippen LogP) is 3.79. The van der Waals surface area contributed by atoms with E-state index in [2.05, 4.69) is 23.2 Å². The van der Waals surface area contributed by atoms with Crippen LogP contribution in [0.1, 0.15) is 16.7 Å². The molecular formula is C12H12N2S2. The Balaban J connectivity index is 2.02. The SMILES string of the molecule is C=C(N/N=C(\C)c1cccs1)c1cccs1. The lowest BCUT2D eigenvalue weighted by Crippen LogP contribution is -2.05. The smallest absolute Gasteiger partial charge is 0.0747 e. The molecule has 4 heteroatoms. The van der Waals surface area contributed by atoms with E-state index in [9.17, 15) is 0 Å². The van der Waals surface area contributed by atoms with Crippen LogP contribution in [0.3, 0.4) is 0 Å². The highest BCUT2D eigenvalue weighted by Crippen LogP contribution is 2.16. The number of hydrogen-bond donors (Lipinski definition) is 1. The summed E-state index contributed by atoms with van der Waals surface area (Å²) in [4.78, 5) is 2.29. The molecule has 0 aliphatic carbocycles. The predicted molar refractivity (Wildman–Crippen MR) is 73.0 cm³/mol. The molecule has 0 fully saturated rings. The molecule has 0 aliphatic heterocycles. The third-order valence-electron chi connectivity index (χ3n) is 2.05. The number of hydrazone groups is 1. The van der Waals surface area contributed by atoms with Gasteiger partial charge in [0.1, 0.15) is 0 Å². The van der Waals surface area contributed by atoms with Gasteiger partial charge in [-0.2, -0.15) is 5.10 Å². The van der Waals surface area contributed by atoms with Gasteiger partial charge in [-0.15, -0.1) is 22.7 Å². The minimum Gasteiger partial charge on any atom is -0.277 e. The number of nitrogens with zero attached hydrogens (tertiary/aromatic N) is 1. The van der Waals surface area contributed by atoms with Crippen LogP contribution in [0.25, 0.3) is 5.70 Å². The van der Waals surface area contributed by atoms with E-state index in [0.29, 0.717) is 0 Å². The maximum Gasteiger partial charge on any atom is 0.0747 e. The first-order chi connectivity index (χ1) is 7.77. The van der Waals surface area contributed by atoms with Crippen molar-refractivity contribution in [2.75, 3.05) is 0 Å². The summed E-state index contributed by atoms with van der Waals surface area (Å²) in [6.45, 7) is 5.93. The molecule has 1 N–H and O–H groups in total. The van der Waals surface area contributed by atoms with Crippen molar-refractivity contribution in [3.63, 3.8) is 0 Å². The first-order valence-electron chi connectivity index (χ1n) is 4.84. The molecule has 0 spiro atoms. The van der Waals surface area contributed by atoms with Gasteiger partial charge in [0.2, 0.25) is 0 Å². The molecule has 16 heavy (non-hydrogen) atoms. The summed E-state index contributed by atoms with van der Waals surface area (Å²) in [6.07, 6.45) is 0. The van der Waals surface area contributed by atoms with Crippen LogP contribution in [-0.2, 0) is 0 Å². The third-order valence-corrected chi connectivity index (χ3v) is 3.96. The van der Waals surface area contributed by atoms with Gasteiger partial charge in [-0.05, 0) is 29.8 Å². The minimum atomic E-state index is 0.839. The van der Waals surface area contributed by atoms with Crippen LogP contribution in [-0.4, -0.2) is 5.71 Å². The Morgan fingerprint density at radius 1 is 1.19 bits per heavy atom. The largest absolute Gasteiger partial charge is 0.277 e. The zero-order valence-corrected chi connectivity index (χ0v) is 10.6. The lowest BCUT2D eigenvalue weighted by atomic mass is 10.3. The van der Waals surface area contributed by atoms with Gasteiger partial charge in [0.05, 0.1) is 16.3 Å². The van der Waals surface area contributed by atoms with Crippen molar-refractivity contribution in [1.82, 2.24) is 5.43 Å². The summed E-state index contributed by atoms with van der Waals surface area (Å²) in [6, 6.07) is 8.10. The highest BCUT2D eigenvalue weighted by molar-refractivity contribution is 7.12. The normalized spacial score (nSPS) is 11.4. The van der Waals surface area contributed by atoms with Crippen molar-refractivity contribution in [3.05, 3.63) is 51.4 Å². The number of rotatable bonds is 4. The van der Waals surface area contributed by atoms with Crippen LogP contribution in [0, 0.1) is 0 Å². The van der Waals surface area contributed by atoms with Crippen LogP contribution in [0.5, 0.6) is 0 Å². The standard InChI is InChI=1S/C12H12N2S2/c1-9(11-5-3-7-15-11)13-14-10(2)12-6-4-8-16-12/h3-8,13H,1H2,2H3/b14-10+. The topological polar surface area (TPSA) is 24.4 Å². The Morgan fingerprint density at radius 2 is 1.81 bits per heavy atom. The lowest BCUT2D eigenvalue weighted by Gasteiger charge is -2.02. The van der Waals surface area contributed by atoms with Gasteiger partial charge < -0.3 is 0 Å². The molecule has 0 amide bonds. The molecular weight excluding hydrogens is 236 g/mol. The van der Waals surface area contributed by atoms with Crippen LogP contribution in [0.15, 0.2) is 46.7 Å². The van der Waals surface area contributed by atoms with Gasteiger partial charge in [-0.3, -0.25) is 5.43 Å². The van der Waals surface area contributed by atoms with Crippen LogP contribution >= 0.6 is 22.7 Å². The van der Waals surface area contributed by atoms with Gasteiger partial charge >= 0.3 is 0 Å². The van der Waals surface area contributed by atoms with Gasteiger partial charge in [0.25, 0.3) is 0 Å². The molecule has 2 nitrogen and oxygen atoms in total. The summed E-state index contributed by atoms with van der Waals surface area (Å²) in [7, 11) is 0. The molecule has 2 aromatic heterocycles. The third kappa shape index (κ3) is 2.59. The quantitative estimate of drug-likeness (QED) is 0.646. The fourth-order valence-electron chi connectivity index (χ4n) is 1.20. The zero-order valence-electron chi connectivity index (χ0n) is 8.93. The second-order valence-electron chi connectivity index (χ2n) is 3.24. The van der Waals surface area contributed by atoms with E-state index in [-0.39, 0.29) is 0 Å². The maximum absolute atomic E-state index is 4.31. The Kier molecular flexibility index (Phi) is 3.54. The first kappa shape index (κ1) is 11.1. The fraction of sp³-hybridized carbons (Fsp3) is 0.0833. The van der Waals surface area contributed by atoms with Crippen molar-refractivity contribution >= 4 is 34.1 Å². The van der Waals surface area contributed by atoms with E-state index in [4.69, 9.17) is 0 Å². The van der Waals surface area contributed by atoms with Crippen molar-refractivity contribution in [2.45, 2.75) is 6.92 Å². The molecule has 2 aromatic rings. The average molecular weight is 248 g/mol. The molecule has 0 aromatic carbocycles. The molecule has 0 saturated carbocycles. The molecule has 0 unspecified atom stereocenters. The van der Waals surface area contributed by atoms with Crippen LogP contribution in [0.4, 0.5) is 0 Å². The number of hydrogen-bond acceptors (Lipinski definition) is 4. The Labute approximate surface area is 103 Å². The molecule has 0 bridgehead atoms. The Hall–Kier alpha value is -1.39. The second-order valence-corrected chi connectivity index (χ2v) is 5.14. The van der Waals surface area contributed by atoms with Crippen LogP contribution < -0.4 is 5.43 Å².